The molecule has 1 heterocycles. The van der Waals surface area contributed by atoms with Crippen LogP contribution in [0.25, 0.3) is 0 Å². The van der Waals surface area contributed by atoms with E-state index in [-0.39, 0.29) is 6.10 Å². The van der Waals surface area contributed by atoms with Crippen LogP contribution in [0.4, 0.5) is 5.82 Å². The summed E-state index contributed by atoms with van der Waals surface area (Å²) in [5, 5.41) is 0. The normalized spacial score (nSPS) is 10.5. The molecule has 1 aromatic rings. The molecule has 5 heteroatoms. The van der Waals surface area contributed by atoms with E-state index in [0.717, 1.165) is 12.4 Å². The average Bonchev–Trinajstić information content (AvgIpc) is 2.17. The number of nitrogens with two attached hydrogens (primary N) is 1. The van der Waals surface area contributed by atoms with Crippen LogP contribution in [-0.2, 0) is 0 Å². The molecule has 0 fully saturated rings. The Balaban J connectivity index is 2.73. The van der Waals surface area contributed by atoms with Crippen molar-refractivity contribution in [2.24, 2.45) is 5.73 Å². The smallest absolute Gasteiger partial charge is 0.234 e. The van der Waals surface area contributed by atoms with Crippen LogP contribution in [0.5, 0.6) is 5.88 Å². The summed E-state index contributed by atoms with van der Waals surface area (Å²) >= 11 is 0. The second-order valence-electron chi connectivity index (χ2n) is 3.59. The molecular weight excluding hydrogens is 192 g/mol. The molecule has 0 bridgehead atoms. The van der Waals surface area contributed by atoms with E-state index in [1.54, 1.807) is 12.4 Å². The molecule has 0 amide bonds. The maximum absolute atomic E-state index is 5.46. The Morgan fingerprint density at radius 3 is 2.80 bits per heavy atom. The quantitative estimate of drug-likeness (QED) is 0.773. The molecule has 2 N–H and O–H groups in total. The molecule has 1 aromatic heterocycles. The van der Waals surface area contributed by atoms with E-state index in [2.05, 4.69) is 9.97 Å². The molecular formula is C10H18N4O. The fourth-order valence-electron chi connectivity index (χ4n) is 1.13. The van der Waals surface area contributed by atoms with Gasteiger partial charge in [0, 0.05) is 20.1 Å². The fraction of sp³-hybridized carbons (Fsp3) is 0.600. The summed E-state index contributed by atoms with van der Waals surface area (Å²) in [4.78, 5) is 10.3. The van der Waals surface area contributed by atoms with Gasteiger partial charge in [-0.2, -0.15) is 4.98 Å². The Hall–Kier alpha value is -1.36. The van der Waals surface area contributed by atoms with Crippen molar-refractivity contribution >= 4 is 5.82 Å². The summed E-state index contributed by atoms with van der Waals surface area (Å²) in [6, 6.07) is 0. The van der Waals surface area contributed by atoms with Crippen molar-refractivity contribution in [2.45, 2.75) is 20.0 Å². The lowest BCUT2D eigenvalue weighted by Gasteiger charge is -2.17. The Morgan fingerprint density at radius 2 is 2.20 bits per heavy atom. The van der Waals surface area contributed by atoms with Gasteiger partial charge >= 0.3 is 0 Å². The van der Waals surface area contributed by atoms with Crippen molar-refractivity contribution in [1.29, 1.82) is 0 Å². The highest BCUT2D eigenvalue weighted by Gasteiger charge is 2.05. The second-order valence-corrected chi connectivity index (χ2v) is 3.59. The number of anilines is 1. The summed E-state index contributed by atoms with van der Waals surface area (Å²) in [5.74, 6) is 1.32. The predicted octanol–water partition coefficient (Wildman–Crippen LogP) is 0.659. The highest BCUT2D eigenvalue weighted by molar-refractivity contribution is 5.36. The van der Waals surface area contributed by atoms with Crippen LogP contribution >= 0.6 is 0 Å². The number of nitrogens with zero attached hydrogens (tertiary/aromatic N) is 3. The lowest BCUT2D eigenvalue weighted by atomic mass is 10.5. The van der Waals surface area contributed by atoms with Gasteiger partial charge in [0.15, 0.2) is 5.82 Å². The number of aromatic nitrogens is 2. The number of hydrogen-bond donors (Lipinski definition) is 1. The molecule has 0 aromatic carbocycles. The average molecular weight is 210 g/mol. The van der Waals surface area contributed by atoms with Gasteiger partial charge in [0.25, 0.3) is 0 Å². The number of rotatable bonds is 5. The molecule has 0 radical (unpaired) electrons. The Morgan fingerprint density at radius 1 is 1.47 bits per heavy atom. The van der Waals surface area contributed by atoms with Crippen LogP contribution in [0.15, 0.2) is 12.4 Å². The first kappa shape index (κ1) is 11.7. The van der Waals surface area contributed by atoms with Gasteiger partial charge in [0.2, 0.25) is 5.88 Å². The summed E-state index contributed by atoms with van der Waals surface area (Å²) in [6.45, 7) is 5.25. The third kappa shape index (κ3) is 3.71. The summed E-state index contributed by atoms with van der Waals surface area (Å²) in [7, 11) is 1.93. The van der Waals surface area contributed by atoms with Crippen LogP contribution in [0.3, 0.4) is 0 Å². The minimum Gasteiger partial charge on any atom is -0.474 e. The minimum atomic E-state index is 0.106. The summed E-state index contributed by atoms with van der Waals surface area (Å²) < 4.78 is 5.45. The van der Waals surface area contributed by atoms with Gasteiger partial charge in [-0.1, -0.05) is 0 Å². The number of likely N-dealkylation sites (N-methyl/N-ethyl adjacent to an activating group) is 1. The molecule has 0 spiro atoms. The van der Waals surface area contributed by atoms with Crippen LogP contribution in [-0.4, -0.2) is 36.2 Å². The van der Waals surface area contributed by atoms with E-state index < -0.39 is 0 Å². The Bertz CT molecular complexity index is 303. The van der Waals surface area contributed by atoms with Gasteiger partial charge in [-0.25, -0.2) is 0 Å². The topological polar surface area (TPSA) is 64.3 Å². The number of ether oxygens (including phenoxy) is 1. The molecule has 84 valence electrons. The minimum absolute atomic E-state index is 0.106. The SMILES string of the molecule is CC(C)Oc1cncc(N(C)CCN)n1. The first-order valence-electron chi connectivity index (χ1n) is 5.03. The molecule has 0 aliphatic carbocycles. The second kappa shape index (κ2) is 5.50. The van der Waals surface area contributed by atoms with Crippen LogP contribution < -0.4 is 15.4 Å². The summed E-state index contributed by atoms with van der Waals surface area (Å²) in [5.41, 5.74) is 5.46. The first-order chi connectivity index (χ1) is 7.13. The van der Waals surface area contributed by atoms with Crippen LogP contribution in [0.2, 0.25) is 0 Å². The van der Waals surface area contributed by atoms with E-state index in [0.29, 0.717) is 12.4 Å². The Labute approximate surface area is 90.3 Å². The van der Waals surface area contributed by atoms with E-state index in [1.807, 2.05) is 25.8 Å². The molecule has 5 nitrogen and oxygen atoms in total. The van der Waals surface area contributed by atoms with Gasteiger partial charge < -0.3 is 15.4 Å². The third-order valence-electron chi connectivity index (χ3n) is 1.81. The van der Waals surface area contributed by atoms with Gasteiger partial charge in [-0.05, 0) is 13.8 Å². The molecule has 0 unspecified atom stereocenters. The van der Waals surface area contributed by atoms with E-state index in [9.17, 15) is 0 Å². The molecule has 15 heavy (non-hydrogen) atoms. The zero-order valence-corrected chi connectivity index (χ0v) is 9.47. The highest BCUT2D eigenvalue weighted by atomic mass is 16.5. The maximum Gasteiger partial charge on any atom is 0.234 e. The van der Waals surface area contributed by atoms with Crippen molar-refractivity contribution in [3.63, 3.8) is 0 Å². The van der Waals surface area contributed by atoms with Crippen LogP contribution in [0.1, 0.15) is 13.8 Å². The fourth-order valence-corrected chi connectivity index (χ4v) is 1.13. The predicted molar refractivity (Wildman–Crippen MR) is 60.1 cm³/mol. The lowest BCUT2D eigenvalue weighted by molar-refractivity contribution is 0.231. The maximum atomic E-state index is 5.46. The zero-order chi connectivity index (χ0) is 11.3. The van der Waals surface area contributed by atoms with E-state index in [4.69, 9.17) is 10.5 Å². The van der Waals surface area contributed by atoms with E-state index in [1.165, 1.54) is 0 Å². The lowest BCUT2D eigenvalue weighted by Crippen LogP contribution is -2.26. The highest BCUT2D eigenvalue weighted by Crippen LogP contribution is 2.13. The van der Waals surface area contributed by atoms with Crippen molar-refractivity contribution in [3.8, 4) is 5.88 Å². The molecule has 0 atom stereocenters. The Kier molecular flexibility index (Phi) is 4.30. The van der Waals surface area contributed by atoms with Crippen molar-refractivity contribution in [3.05, 3.63) is 12.4 Å². The third-order valence-corrected chi connectivity index (χ3v) is 1.81. The van der Waals surface area contributed by atoms with Crippen molar-refractivity contribution in [2.75, 3.05) is 25.0 Å². The van der Waals surface area contributed by atoms with Gasteiger partial charge in [0.1, 0.15) is 0 Å². The first-order valence-corrected chi connectivity index (χ1v) is 5.03. The van der Waals surface area contributed by atoms with Gasteiger partial charge in [-0.15, -0.1) is 0 Å². The molecule has 0 aliphatic heterocycles. The van der Waals surface area contributed by atoms with Gasteiger partial charge in [-0.3, -0.25) is 4.98 Å². The molecule has 1 rings (SSSR count). The van der Waals surface area contributed by atoms with Crippen LogP contribution in [0, 0.1) is 0 Å². The standard InChI is InChI=1S/C10H18N4O/c1-8(2)15-10-7-12-6-9(13-10)14(3)5-4-11/h6-8H,4-5,11H2,1-3H3. The summed E-state index contributed by atoms with van der Waals surface area (Å²) in [6.07, 6.45) is 3.41. The van der Waals surface area contributed by atoms with Crippen molar-refractivity contribution < 1.29 is 4.74 Å². The molecule has 0 saturated heterocycles. The largest absolute Gasteiger partial charge is 0.474 e. The number of hydrogen-bond acceptors (Lipinski definition) is 5. The van der Waals surface area contributed by atoms with Crippen molar-refractivity contribution in [1.82, 2.24) is 9.97 Å². The van der Waals surface area contributed by atoms with E-state index >= 15 is 0 Å². The molecule has 0 saturated carbocycles. The molecule has 0 aliphatic rings. The zero-order valence-electron chi connectivity index (χ0n) is 9.47. The van der Waals surface area contributed by atoms with Gasteiger partial charge in [0.05, 0.1) is 18.5 Å². The monoisotopic (exact) mass is 210 g/mol.